The van der Waals surface area contributed by atoms with Gasteiger partial charge in [-0.3, -0.25) is 14.5 Å². The average Bonchev–Trinajstić information content (AvgIpc) is 3.60. The van der Waals surface area contributed by atoms with Crippen molar-refractivity contribution >= 4 is 32.9 Å². The molecule has 264 valence electrons. The number of benzene rings is 3. The summed E-state index contributed by atoms with van der Waals surface area (Å²) < 4.78 is 36.6. The highest BCUT2D eigenvalue weighted by atomic mass is 32.2. The summed E-state index contributed by atoms with van der Waals surface area (Å²) in [6.45, 7) is 2.39. The van der Waals surface area contributed by atoms with Crippen LogP contribution in [0.2, 0.25) is 0 Å². The molecule has 1 N–H and O–H groups in total. The lowest BCUT2D eigenvalue weighted by Gasteiger charge is -2.35. The molecule has 2 atom stereocenters. The third-order valence-corrected chi connectivity index (χ3v) is 12.5. The van der Waals surface area contributed by atoms with E-state index in [4.69, 9.17) is 4.74 Å². The molecular weight excluding hydrogens is 651 g/mol. The third-order valence-electron chi connectivity index (χ3n) is 11.1. The second-order valence-corrected chi connectivity index (χ2v) is 16.5. The van der Waals surface area contributed by atoms with Crippen molar-refractivity contribution in [2.75, 3.05) is 48.4 Å². The van der Waals surface area contributed by atoms with Gasteiger partial charge in [-0.25, -0.2) is 4.72 Å². The van der Waals surface area contributed by atoms with Crippen LogP contribution in [-0.4, -0.2) is 87.3 Å². The van der Waals surface area contributed by atoms with E-state index in [-0.39, 0.29) is 17.4 Å². The molecule has 4 aromatic rings. The first-order valence-electron chi connectivity index (χ1n) is 17.5. The van der Waals surface area contributed by atoms with Crippen molar-refractivity contribution in [3.8, 4) is 17.0 Å². The molecule has 10 nitrogen and oxygen atoms in total. The summed E-state index contributed by atoms with van der Waals surface area (Å²) in [6, 6.07) is 22.2. The molecule has 7 rings (SSSR count). The summed E-state index contributed by atoms with van der Waals surface area (Å²) in [5.74, 6) is 0.311. The molecule has 2 aliphatic heterocycles. The van der Waals surface area contributed by atoms with Gasteiger partial charge < -0.3 is 14.2 Å². The van der Waals surface area contributed by atoms with Gasteiger partial charge in [-0.05, 0) is 65.8 Å². The van der Waals surface area contributed by atoms with Crippen molar-refractivity contribution in [1.29, 1.82) is 0 Å². The summed E-state index contributed by atoms with van der Waals surface area (Å²) in [5, 5.41) is 1.05. The summed E-state index contributed by atoms with van der Waals surface area (Å²) in [4.78, 5) is 32.4. The maximum Gasteiger partial charge on any atom is 0.303 e. The highest BCUT2D eigenvalue weighted by molar-refractivity contribution is 7.87. The van der Waals surface area contributed by atoms with Crippen LogP contribution in [0.15, 0.2) is 66.7 Å². The molecule has 1 saturated heterocycles. The minimum atomic E-state index is -4.00. The molecule has 50 heavy (non-hydrogen) atoms. The highest BCUT2D eigenvalue weighted by Gasteiger charge is 2.56. The molecule has 1 saturated carbocycles. The number of hydrogen-bond acceptors (Lipinski definition) is 6. The molecule has 3 heterocycles. The second kappa shape index (κ2) is 13.2. The average molecular weight is 698 g/mol. The number of rotatable bonds is 8. The van der Waals surface area contributed by atoms with E-state index >= 15 is 0 Å². The molecule has 0 radical (unpaired) electrons. The van der Waals surface area contributed by atoms with Crippen molar-refractivity contribution in [1.82, 2.24) is 23.4 Å². The number of carbonyl (C=O) groups excluding carboxylic acids is 2. The lowest BCUT2D eigenvalue weighted by molar-refractivity contribution is -0.140. The first kappa shape index (κ1) is 34.3. The topological polar surface area (TPSA) is 104 Å². The van der Waals surface area contributed by atoms with E-state index in [1.54, 1.807) is 18.1 Å². The van der Waals surface area contributed by atoms with Crippen LogP contribution in [-0.2, 0) is 28.1 Å². The number of amides is 2. The number of methoxy groups -OCH3 is 1. The fraction of sp³-hybridized carbons (Fsp3) is 0.436. The van der Waals surface area contributed by atoms with Crippen molar-refractivity contribution in [3.05, 3.63) is 89.0 Å². The minimum Gasteiger partial charge on any atom is -0.497 e. The summed E-state index contributed by atoms with van der Waals surface area (Å²) in [5.41, 5.74) is 5.99. The Labute approximate surface area is 295 Å². The van der Waals surface area contributed by atoms with E-state index in [1.165, 1.54) is 31.6 Å². The molecular formula is C39H47N5O5S. The molecule has 3 aromatic carbocycles. The Hall–Kier alpha value is -4.19. The van der Waals surface area contributed by atoms with Crippen LogP contribution in [0.3, 0.4) is 0 Å². The van der Waals surface area contributed by atoms with Gasteiger partial charge in [0.1, 0.15) is 5.75 Å². The van der Waals surface area contributed by atoms with Crippen LogP contribution in [0.1, 0.15) is 71.0 Å². The van der Waals surface area contributed by atoms with Gasteiger partial charge in [-0.1, -0.05) is 55.7 Å². The van der Waals surface area contributed by atoms with E-state index in [1.807, 2.05) is 50.5 Å². The Kier molecular flexibility index (Phi) is 9.03. The Morgan fingerprint density at radius 2 is 1.68 bits per heavy atom. The van der Waals surface area contributed by atoms with Crippen molar-refractivity contribution in [2.45, 2.75) is 57.0 Å². The molecule has 0 spiro atoms. The number of likely N-dealkylation sites (tertiary alicyclic amines) is 1. The van der Waals surface area contributed by atoms with E-state index in [0.717, 1.165) is 70.0 Å². The first-order chi connectivity index (χ1) is 23.9. The molecule has 0 bridgehead atoms. The first-order valence-corrected chi connectivity index (χ1v) is 18.9. The quantitative estimate of drug-likeness (QED) is 0.258. The van der Waals surface area contributed by atoms with Crippen LogP contribution in [0.4, 0.5) is 0 Å². The normalized spacial score (nSPS) is 21.0. The SMILES string of the molecule is COc1ccc2c(c1)C1CN(Cc3ccccc3)CC1(C(=O)N(C)C)Cn1c-2c(C2CCCCC2)c2ccc(C(=O)NS(=O)(=O)N(C)C)cc21. The van der Waals surface area contributed by atoms with Gasteiger partial charge in [0.2, 0.25) is 5.91 Å². The molecule has 2 amide bonds. The Morgan fingerprint density at radius 3 is 2.36 bits per heavy atom. The predicted octanol–water partition coefficient (Wildman–Crippen LogP) is 5.59. The Balaban J connectivity index is 1.48. The van der Waals surface area contributed by atoms with Gasteiger partial charge in [0.15, 0.2) is 0 Å². The van der Waals surface area contributed by atoms with E-state index in [0.29, 0.717) is 25.6 Å². The second-order valence-electron chi connectivity index (χ2n) is 14.7. The zero-order chi connectivity index (χ0) is 35.4. The van der Waals surface area contributed by atoms with Crippen molar-refractivity contribution in [3.63, 3.8) is 0 Å². The zero-order valence-electron chi connectivity index (χ0n) is 29.6. The highest BCUT2D eigenvalue weighted by Crippen LogP contribution is 2.55. The number of nitrogens with one attached hydrogen (secondary N) is 1. The monoisotopic (exact) mass is 697 g/mol. The Bertz CT molecular complexity index is 2050. The molecule has 2 unspecified atom stereocenters. The predicted molar refractivity (Wildman–Crippen MR) is 195 cm³/mol. The lowest BCUT2D eigenvalue weighted by atomic mass is 9.72. The largest absolute Gasteiger partial charge is 0.497 e. The van der Waals surface area contributed by atoms with Gasteiger partial charge in [-0.2, -0.15) is 12.7 Å². The maximum absolute atomic E-state index is 14.8. The van der Waals surface area contributed by atoms with E-state index < -0.39 is 21.5 Å². The Morgan fingerprint density at radius 1 is 0.940 bits per heavy atom. The fourth-order valence-corrected chi connectivity index (χ4v) is 9.29. The molecule has 11 heteroatoms. The molecule has 1 aromatic heterocycles. The summed E-state index contributed by atoms with van der Waals surface area (Å²) >= 11 is 0. The van der Waals surface area contributed by atoms with Crippen LogP contribution in [0.5, 0.6) is 5.75 Å². The summed E-state index contributed by atoms with van der Waals surface area (Å²) in [7, 11) is 4.12. The number of hydrogen-bond donors (Lipinski definition) is 1. The number of aromatic nitrogens is 1. The van der Waals surface area contributed by atoms with Gasteiger partial charge >= 0.3 is 10.2 Å². The number of fused-ring (bicyclic) bond motifs is 7. The molecule has 1 aliphatic carbocycles. The van der Waals surface area contributed by atoms with Crippen LogP contribution >= 0.6 is 0 Å². The minimum absolute atomic E-state index is 0.0618. The van der Waals surface area contributed by atoms with Gasteiger partial charge in [0.25, 0.3) is 5.91 Å². The molecule has 3 aliphatic rings. The van der Waals surface area contributed by atoms with Crippen LogP contribution in [0, 0.1) is 5.41 Å². The summed E-state index contributed by atoms with van der Waals surface area (Å²) in [6.07, 6.45) is 5.64. The van der Waals surface area contributed by atoms with Crippen molar-refractivity contribution in [2.24, 2.45) is 5.41 Å². The number of ether oxygens (including phenoxy) is 1. The van der Waals surface area contributed by atoms with E-state index in [9.17, 15) is 18.0 Å². The standard InChI is InChI=1S/C39H47N5O5S/c1-41(2)38(46)39-24-43(22-26-12-8-6-9-13-26)23-33(39)32-21-29(49-5)17-19-30(32)36-35(27-14-10-7-11-15-27)31-18-16-28(20-34(31)44(36)25-39)37(45)40-50(47,48)42(3)4/h6,8-9,12-13,16-21,27,33H,7,10-11,14-15,22-25H2,1-5H3,(H,40,45). The van der Waals surface area contributed by atoms with Gasteiger partial charge in [0.05, 0.1) is 18.2 Å². The molecule has 2 fully saturated rings. The van der Waals surface area contributed by atoms with Crippen molar-refractivity contribution < 1.29 is 22.7 Å². The zero-order valence-corrected chi connectivity index (χ0v) is 30.4. The van der Waals surface area contributed by atoms with Gasteiger partial charge in [-0.15, -0.1) is 0 Å². The van der Waals surface area contributed by atoms with Crippen LogP contribution < -0.4 is 9.46 Å². The van der Waals surface area contributed by atoms with E-state index in [2.05, 4.69) is 38.5 Å². The smallest absolute Gasteiger partial charge is 0.303 e. The lowest BCUT2D eigenvalue weighted by Crippen LogP contribution is -2.47. The number of nitrogens with zero attached hydrogens (tertiary/aromatic N) is 4. The van der Waals surface area contributed by atoms with Crippen LogP contribution in [0.25, 0.3) is 22.2 Å². The maximum atomic E-state index is 14.8. The third kappa shape index (κ3) is 5.88. The number of carbonyl (C=O) groups is 2. The van der Waals surface area contributed by atoms with Gasteiger partial charge in [0, 0.05) is 82.3 Å². The fourth-order valence-electron chi connectivity index (χ4n) is 8.75.